The van der Waals surface area contributed by atoms with Crippen LogP contribution in [0.4, 0.5) is 5.69 Å². The largest absolute Gasteiger partial charge is 0.488 e. The first kappa shape index (κ1) is 22.3. The number of nitrogens with zero attached hydrogens (tertiary/aromatic N) is 2. The van der Waals surface area contributed by atoms with Crippen LogP contribution in [0.25, 0.3) is 0 Å². The average Bonchev–Trinajstić information content (AvgIpc) is 3.36. The zero-order valence-electron chi connectivity index (χ0n) is 18.2. The van der Waals surface area contributed by atoms with Crippen LogP contribution in [0.3, 0.4) is 0 Å². The van der Waals surface area contributed by atoms with Gasteiger partial charge >= 0.3 is 0 Å². The van der Waals surface area contributed by atoms with Crippen molar-refractivity contribution in [3.05, 3.63) is 97.4 Å². The van der Waals surface area contributed by atoms with Gasteiger partial charge in [0.15, 0.2) is 0 Å². The molecule has 5 nitrogen and oxygen atoms in total. The van der Waals surface area contributed by atoms with Gasteiger partial charge in [-0.05, 0) is 77.0 Å². The fourth-order valence-corrected chi connectivity index (χ4v) is 4.79. The quantitative estimate of drug-likeness (QED) is 0.308. The Morgan fingerprint density at radius 1 is 1.12 bits per heavy atom. The van der Waals surface area contributed by atoms with Crippen LogP contribution < -0.4 is 10.1 Å². The first-order valence-electron chi connectivity index (χ1n) is 10.2. The highest BCUT2D eigenvalue weighted by Crippen LogP contribution is 2.26. The molecule has 164 valence electrons. The number of benzene rings is 2. The third kappa shape index (κ3) is 5.47. The van der Waals surface area contributed by atoms with Crippen molar-refractivity contribution in [2.24, 2.45) is 0 Å². The molecule has 0 aliphatic heterocycles. The zero-order chi connectivity index (χ0) is 22.7. The lowest BCUT2D eigenvalue weighted by Crippen LogP contribution is -2.10. The van der Waals surface area contributed by atoms with E-state index in [0.717, 1.165) is 38.2 Å². The molecule has 0 saturated carbocycles. The van der Waals surface area contributed by atoms with Crippen LogP contribution in [0.1, 0.15) is 37.5 Å². The summed E-state index contributed by atoms with van der Waals surface area (Å²) in [4.78, 5) is 13.4. The van der Waals surface area contributed by atoms with Gasteiger partial charge in [0, 0.05) is 17.4 Å². The summed E-state index contributed by atoms with van der Waals surface area (Å²) in [7, 11) is 0. The lowest BCUT2D eigenvalue weighted by Gasteiger charge is -2.12. The van der Waals surface area contributed by atoms with E-state index in [4.69, 9.17) is 4.74 Å². The second-order valence-corrected chi connectivity index (χ2v) is 9.67. The molecule has 0 spiro atoms. The van der Waals surface area contributed by atoms with Gasteiger partial charge in [-0.25, -0.2) is 0 Å². The molecular weight excluding hydrogens is 486 g/mol. The van der Waals surface area contributed by atoms with E-state index in [1.54, 1.807) is 6.20 Å². The van der Waals surface area contributed by atoms with Crippen molar-refractivity contribution in [1.82, 2.24) is 9.78 Å². The third-order valence-electron chi connectivity index (χ3n) is 5.00. The van der Waals surface area contributed by atoms with E-state index >= 15 is 0 Å². The number of aryl methyl sites for hydroxylation is 3. The van der Waals surface area contributed by atoms with Gasteiger partial charge in [-0.2, -0.15) is 5.10 Å². The lowest BCUT2D eigenvalue weighted by atomic mass is 10.1. The maximum atomic E-state index is 12.8. The van der Waals surface area contributed by atoms with Gasteiger partial charge in [-0.3, -0.25) is 9.48 Å². The summed E-state index contributed by atoms with van der Waals surface area (Å²) in [6, 6.07) is 13.9. The highest BCUT2D eigenvalue weighted by Gasteiger charge is 2.12. The lowest BCUT2D eigenvalue weighted by molar-refractivity contribution is 0.103. The third-order valence-corrected chi connectivity index (χ3v) is 6.38. The molecule has 2 aromatic heterocycles. The van der Waals surface area contributed by atoms with Crippen LogP contribution in [0.15, 0.2) is 64.7 Å². The normalized spacial score (nSPS) is 10.9. The Hall–Kier alpha value is -2.90. The molecule has 4 aromatic rings. The van der Waals surface area contributed by atoms with Crippen LogP contribution in [0.5, 0.6) is 5.75 Å². The first-order chi connectivity index (χ1) is 15.4. The molecule has 1 N–H and O–H groups in total. The number of hydrogen-bond donors (Lipinski definition) is 1. The number of anilines is 1. The van der Waals surface area contributed by atoms with Gasteiger partial charge in [0.05, 0.1) is 22.1 Å². The van der Waals surface area contributed by atoms with Crippen LogP contribution >= 0.6 is 27.3 Å². The number of rotatable bonds is 7. The van der Waals surface area contributed by atoms with Crippen molar-refractivity contribution < 1.29 is 9.53 Å². The van der Waals surface area contributed by atoms with Gasteiger partial charge in [-0.1, -0.05) is 29.8 Å². The number of carbonyl (C=O) groups is 1. The summed E-state index contributed by atoms with van der Waals surface area (Å²) in [5.74, 6) is 0.789. The molecule has 0 aliphatic carbocycles. The van der Waals surface area contributed by atoms with Gasteiger partial charge in [0.2, 0.25) is 0 Å². The Labute approximate surface area is 200 Å². The van der Waals surface area contributed by atoms with Crippen molar-refractivity contribution in [2.45, 2.75) is 33.9 Å². The van der Waals surface area contributed by atoms with Crippen molar-refractivity contribution in [3.63, 3.8) is 0 Å². The van der Waals surface area contributed by atoms with Crippen LogP contribution in [-0.2, 0) is 13.2 Å². The number of halogens is 1. The highest BCUT2D eigenvalue weighted by atomic mass is 79.9. The molecule has 0 atom stereocenters. The number of hydrogen-bond acceptors (Lipinski definition) is 4. The number of carbonyl (C=O) groups excluding carboxylic acids is 1. The molecule has 32 heavy (non-hydrogen) atoms. The summed E-state index contributed by atoms with van der Waals surface area (Å²) >= 11 is 4.83. The number of amides is 1. The van der Waals surface area contributed by atoms with Crippen molar-refractivity contribution >= 4 is 38.9 Å². The molecule has 2 heterocycles. The zero-order valence-corrected chi connectivity index (χ0v) is 20.6. The standard InChI is InChI=1S/C25H24BrN3O2S/c1-16-7-17(2)24(18(3)8-16)31-14-20-10-23(32-15-20)25(30)28-22-6-4-5-19(9-22)12-29-13-21(26)11-27-29/h4-11,13,15H,12,14H2,1-3H3,(H,28,30). The van der Waals surface area contributed by atoms with Gasteiger partial charge in [0.1, 0.15) is 12.4 Å². The van der Waals surface area contributed by atoms with Gasteiger partial charge < -0.3 is 10.1 Å². The molecule has 0 saturated heterocycles. The Kier molecular flexibility index (Phi) is 6.77. The van der Waals surface area contributed by atoms with Crippen molar-refractivity contribution in [1.29, 1.82) is 0 Å². The molecule has 0 fully saturated rings. The predicted octanol–water partition coefficient (Wildman–Crippen LogP) is 6.51. The molecule has 0 aliphatic rings. The van der Waals surface area contributed by atoms with E-state index in [9.17, 15) is 4.79 Å². The van der Waals surface area contributed by atoms with E-state index in [1.807, 2.05) is 46.6 Å². The maximum Gasteiger partial charge on any atom is 0.265 e. The topological polar surface area (TPSA) is 56.1 Å². The fraction of sp³-hybridized carbons (Fsp3) is 0.200. The molecular formula is C25H24BrN3O2S. The summed E-state index contributed by atoms with van der Waals surface area (Å²) in [5.41, 5.74) is 6.27. The second kappa shape index (κ2) is 9.71. The highest BCUT2D eigenvalue weighted by molar-refractivity contribution is 9.10. The average molecular weight is 510 g/mol. The number of nitrogens with one attached hydrogen (secondary N) is 1. The number of ether oxygens (including phenoxy) is 1. The predicted molar refractivity (Wildman–Crippen MR) is 133 cm³/mol. The van der Waals surface area contributed by atoms with Crippen LogP contribution in [-0.4, -0.2) is 15.7 Å². The SMILES string of the molecule is Cc1cc(C)c(OCc2csc(C(=O)Nc3cccc(Cn4cc(Br)cn4)c3)c2)c(C)c1. The molecule has 0 unspecified atom stereocenters. The molecule has 4 rings (SSSR count). The summed E-state index contributed by atoms with van der Waals surface area (Å²) in [5, 5.41) is 9.24. The van der Waals surface area contributed by atoms with E-state index in [1.165, 1.54) is 16.9 Å². The summed E-state index contributed by atoms with van der Waals surface area (Å²) in [6.45, 7) is 7.26. The smallest absolute Gasteiger partial charge is 0.265 e. The summed E-state index contributed by atoms with van der Waals surface area (Å²) < 4.78 is 8.84. The molecule has 0 bridgehead atoms. The van der Waals surface area contributed by atoms with E-state index in [0.29, 0.717) is 18.0 Å². The Morgan fingerprint density at radius 2 is 1.91 bits per heavy atom. The number of thiophene rings is 1. The van der Waals surface area contributed by atoms with Crippen molar-refractivity contribution in [3.8, 4) is 5.75 Å². The minimum atomic E-state index is -0.122. The Balaban J connectivity index is 1.38. The maximum absolute atomic E-state index is 12.8. The minimum absolute atomic E-state index is 0.122. The van der Waals surface area contributed by atoms with Gasteiger partial charge in [0.25, 0.3) is 5.91 Å². The molecule has 2 aromatic carbocycles. The van der Waals surface area contributed by atoms with Gasteiger partial charge in [-0.15, -0.1) is 11.3 Å². The Bertz CT molecular complexity index is 1240. The van der Waals surface area contributed by atoms with E-state index in [2.05, 4.69) is 59.2 Å². The van der Waals surface area contributed by atoms with E-state index < -0.39 is 0 Å². The minimum Gasteiger partial charge on any atom is -0.488 e. The van der Waals surface area contributed by atoms with E-state index in [-0.39, 0.29) is 5.91 Å². The monoisotopic (exact) mass is 509 g/mol. The summed E-state index contributed by atoms with van der Waals surface area (Å²) in [6.07, 6.45) is 3.67. The Morgan fingerprint density at radius 3 is 2.62 bits per heavy atom. The molecule has 1 amide bonds. The first-order valence-corrected chi connectivity index (χ1v) is 11.9. The number of aromatic nitrogens is 2. The fourth-order valence-electron chi connectivity index (χ4n) is 3.67. The van der Waals surface area contributed by atoms with Crippen LogP contribution in [0.2, 0.25) is 0 Å². The van der Waals surface area contributed by atoms with Crippen LogP contribution in [0, 0.1) is 20.8 Å². The second-order valence-electron chi connectivity index (χ2n) is 7.85. The molecule has 7 heteroatoms. The molecule has 0 radical (unpaired) electrons. The van der Waals surface area contributed by atoms with Crippen molar-refractivity contribution in [2.75, 3.05) is 5.32 Å².